The van der Waals surface area contributed by atoms with E-state index in [1.165, 1.54) is 0 Å². The molecule has 0 aromatic heterocycles. The Hall–Kier alpha value is -2.82. The van der Waals surface area contributed by atoms with E-state index < -0.39 is 11.6 Å². The zero-order valence-electron chi connectivity index (χ0n) is 13.2. The SMILES string of the molecule is O=C(O)c1ccc(CCNC(=O)C2(Oc3ccccc3)CC2)cc1. The van der Waals surface area contributed by atoms with Gasteiger partial charge in [0, 0.05) is 19.4 Å². The number of carbonyl (C=O) groups is 2. The quantitative estimate of drug-likeness (QED) is 0.820. The average Bonchev–Trinajstić information content (AvgIpc) is 3.37. The Labute approximate surface area is 140 Å². The van der Waals surface area contributed by atoms with Crippen molar-refractivity contribution in [2.45, 2.75) is 24.9 Å². The molecule has 5 heteroatoms. The number of rotatable bonds is 7. The van der Waals surface area contributed by atoms with Crippen LogP contribution in [0.4, 0.5) is 0 Å². The number of hydrogen-bond donors (Lipinski definition) is 2. The molecule has 24 heavy (non-hydrogen) atoms. The van der Waals surface area contributed by atoms with Crippen LogP contribution < -0.4 is 10.1 Å². The Kier molecular flexibility index (Phi) is 4.51. The number of carbonyl (C=O) groups excluding carboxylic acids is 1. The van der Waals surface area contributed by atoms with Gasteiger partial charge in [0.25, 0.3) is 5.91 Å². The maximum absolute atomic E-state index is 12.4. The maximum Gasteiger partial charge on any atom is 0.335 e. The van der Waals surface area contributed by atoms with Crippen LogP contribution in [-0.4, -0.2) is 29.1 Å². The molecule has 0 heterocycles. The standard InChI is InChI=1S/C19H19NO4/c21-17(22)15-8-6-14(7-9-15)10-13-20-18(23)19(11-12-19)24-16-4-2-1-3-5-16/h1-9H,10-13H2,(H,20,23)(H,21,22). The summed E-state index contributed by atoms with van der Waals surface area (Å²) in [4.78, 5) is 23.2. The molecule has 0 atom stereocenters. The van der Waals surface area contributed by atoms with Crippen LogP contribution in [0.3, 0.4) is 0 Å². The Balaban J connectivity index is 1.49. The third-order valence-corrected chi connectivity index (χ3v) is 4.07. The fraction of sp³-hybridized carbons (Fsp3) is 0.263. The maximum atomic E-state index is 12.4. The lowest BCUT2D eigenvalue weighted by atomic mass is 10.1. The fourth-order valence-corrected chi connectivity index (χ4v) is 2.50. The Morgan fingerprint density at radius 1 is 1.04 bits per heavy atom. The Morgan fingerprint density at radius 3 is 2.29 bits per heavy atom. The van der Waals surface area contributed by atoms with Gasteiger partial charge in [-0.1, -0.05) is 30.3 Å². The highest BCUT2D eigenvalue weighted by atomic mass is 16.5. The van der Waals surface area contributed by atoms with Gasteiger partial charge in [0.15, 0.2) is 5.60 Å². The summed E-state index contributed by atoms with van der Waals surface area (Å²) in [7, 11) is 0. The first-order valence-electron chi connectivity index (χ1n) is 7.94. The summed E-state index contributed by atoms with van der Waals surface area (Å²) in [5.41, 5.74) is 0.513. The van der Waals surface area contributed by atoms with E-state index in [1.54, 1.807) is 24.3 Å². The minimum atomic E-state index is -0.941. The van der Waals surface area contributed by atoms with Crippen molar-refractivity contribution in [2.75, 3.05) is 6.54 Å². The smallest absolute Gasteiger partial charge is 0.335 e. The first-order valence-corrected chi connectivity index (χ1v) is 7.94. The highest BCUT2D eigenvalue weighted by Gasteiger charge is 2.52. The topological polar surface area (TPSA) is 75.6 Å². The molecule has 0 aliphatic heterocycles. The highest BCUT2D eigenvalue weighted by molar-refractivity contribution is 5.88. The van der Waals surface area contributed by atoms with E-state index in [-0.39, 0.29) is 11.5 Å². The molecule has 0 unspecified atom stereocenters. The lowest BCUT2D eigenvalue weighted by molar-refractivity contribution is -0.129. The zero-order chi connectivity index (χ0) is 17.0. The van der Waals surface area contributed by atoms with Crippen LogP contribution in [0.25, 0.3) is 0 Å². The van der Waals surface area contributed by atoms with Crippen molar-refractivity contribution in [1.29, 1.82) is 0 Å². The number of nitrogens with one attached hydrogen (secondary N) is 1. The molecule has 2 aromatic rings. The summed E-state index contributed by atoms with van der Waals surface area (Å²) in [5, 5.41) is 11.8. The molecule has 0 saturated heterocycles. The molecule has 0 bridgehead atoms. The molecule has 0 radical (unpaired) electrons. The van der Waals surface area contributed by atoms with Crippen molar-refractivity contribution in [3.8, 4) is 5.75 Å². The summed E-state index contributed by atoms with van der Waals surface area (Å²) >= 11 is 0. The molecule has 0 spiro atoms. The predicted octanol–water partition coefficient (Wildman–Crippen LogP) is 2.66. The van der Waals surface area contributed by atoms with E-state index in [4.69, 9.17) is 9.84 Å². The van der Waals surface area contributed by atoms with E-state index in [0.717, 1.165) is 18.4 Å². The van der Waals surface area contributed by atoms with Crippen molar-refractivity contribution >= 4 is 11.9 Å². The predicted molar refractivity (Wildman–Crippen MR) is 89.2 cm³/mol. The minimum Gasteiger partial charge on any atom is -0.478 e. The van der Waals surface area contributed by atoms with Gasteiger partial charge in [-0.3, -0.25) is 4.79 Å². The van der Waals surface area contributed by atoms with Crippen LogP contribution in [0.2, 0.25) is 0 Å². The average molecular weight is 325 g/mol. The summed E-state index contributed by atoms with van der Waals surface area (Å²) in [6, 6.07) is 16.0. The van der Waals surface area contributed by atoms with Gasteiger partial charge in [-0.05, 0) is 36.2 Å². The zero-order valence-corrected chi connectivity index (χ0v) is 13.2. The van der Waals surface area contributed by atoms with Gasteiger partial charge in [0.05, 0.1) is 5.56 Å². The van der Waals surface area contributed by atoms with E-state index in [2.05, 4.69) is 5.32 Å². The van der Waals surface area contributed by atoms with Crippen LogP contribution in [0, 0.1) is 0 Å². The van der Waals surface area contributed by atoms with Crippen LogP contribution >= 0.6 is 0 Å². The molecular weight excluding hydrogens is 306 g/mol. The lowest BCUT2D eigenvalue weighted by Gasteiger charge is -2.17. The summed E-state index contributed by atoms with van der Waals surface area (Å²) in [5.74, 6) is -0.327. The number of aromatic carboxylic acids is 1. The second kappa shape index (κ2) is 6.74. The van der Waals surface area contributed by atoms with Crippen molar-refractivity contribution in [3.05, 3.63) is 65.7 Å². The number of benzene rings is 2. The van der Waals surface area contributed by atoms with Crippen molar-refractivity contribution in [1.82, 2.24) is 5.32 Å². The molecule has 2 aromatic carbocycles. The number of carboxylic acid groups (broad SMARTS) is 1. The van der Waals surface area contributed by atoms with E-state index >= 15 is 0 Å². The van der Waals surface area contributed by atoms with Gasteiger partial charge in [-0.2, -0.15) is 0 Å². The number of para-hydroxylation sites is 1. The number of hydrogen-bond acceptors (Lipinski definition) is 3. The van der Waals surface area contributed by atoms with Gasteiger partial charge in [0.1, 0.15) is 5.75 Å². The molecule has 1 saturated carbocycles. The lowest BCUT2D eigenvalue weighted by Crippen LogP contribution is -2.41. The summed E-state index contributed by atoms with van der Waals surface area (Å²) in [6.45, 7) is 0.491. The molecule has 1 aliphatic carbocycles. The van der Waals surface area contributed by atoms with Gasteiger partial charge in [0.2, 0.25) is 0 Å². The van der Waals surface area contributed by atoms with E-state index in [1.807, 2.05) is 30.3 Å². The van der Waals surface area contributed by atoms with Crippen LogP contribution in [0.15, 0.2) is 54.6 Å². The van der Waals surface area contributed by atoms with E-state index in [9.17, 15) is 9.59 Å². The van der Waals surface area contributed by atoms with Crippen LogP contribution in [0.1, 0.15) is 28.8 Å². The van der Waals surface area contributed by atoms with Gasteiger partial charge in [-0.25, -0.2) is 4.79 Å². The largest absolute Gasteiger partial charge is 0.478 e. The number of carboxylic acids is 1. The Bertz CT molecular complexity index is 721. The van der Waals surface area contributed by atoms with Gasteiger partial charge in [-0.15, -0.1) is 0 Å². The number of amides is 1. The first-order chi connectivity index (χ1) is 11.6. The third-order valence-electron chi connectivity index (χ3n) is 4.07. The number of ether oxygens (including phenoxy) is 1. The van der Waals surface area contributed by atoms with Gasteiger partial charge >= 0.3 is 5.97 Å². The molecule has 5 nitrogen and oxygen atoms in total. The molecule has 2 N–H and O–H groups in total. The van der Waals surface area contributed by atoms with Crippen LogP contribution in [0.5, 0.6) is 5.75 Å². The van der Waals surface area contributed by atoms with Crippen LogP contribution in [-0.2, 0) is 11.2 Å². The summed E-state index contributed by atoms with van der Waals surface area (Å²) < 4.78 is 5.84. The molecule has 124 valence electrons. The molecular formula is C19H19NO4. The van der Waals surface area contributed by atoms with Crippen molar-refractivity contribution in [3.63, 3.8) is 0 Å². The monoisotopic (exact) mass is 325 g/mol. The third kappa shape index (κ3) is 3.74. The summed E-state index contributed by atoms with van der Waals surface area (Å²) in [6.07, 6.45) is 2.09. The second-order valence-corrected chi connectivity index (χ2v) is 5.92. The Morgan fingerprint density at radius 2 is 1.71 bits per heavy atom. The first kappa shape index (κ1) is 16.1. The second-order valence-electron chi connectivity index (χ2n) is 5.92. The molecule has 1 fully saturated rings. The van der Waals surface area contributed by atoms with Gasteiger partial charge < -0.3 is 15.2 Å². The highest BCUT2D eigenvalue weighted by Crippen LogP contribution is 2.40. The van der Waals surface area contributed by atoms with E-state index in [0.29, 0.717) is 18.7 Å². The normalized spacial score (nSPS) is 14.7. The molecule has 1 aliphatic rings. The van der Waals surface area contributed by atoms with Crippen molar-refractivity contribution < 1.29 is 19.4 Å². The molecule has 1 amide bonds. The fourth-order valence-electron chi connectivity index (χ4n) is 2.50. The minimum absolute atomic E-state index is 0.0893. The van der Waals surface area contributed by atoms with Crippen molar-refractivity contribution in [2.24, 2.45) is 0 Å². The molecule has 3 rings (SSSR count).